The van der Waals surface area contributed by atoms with Crippen molar-refractivity contribution in [3.8, 4) is 0 Å². The maximum atomic E-state index is 12.7. The van der Waals surface area contributed by atoms with E-state index in [2.05, 4.69) is 81.5 Å². The SMILES string of the molecule is CC\C=C/C=C\C=C/C=C\CCCCCCCC(=O)OC(COC(=O)CCC/C=C\CCCCCC)COC(=O)CCCCCCC/C=C\C=C/CCCCCCCCC. The molecule has 0 bridgehead atoms. The van der Waals surface area contributed by atoms with Crippen molar-refractivity contribution in [3.05, 3.63) is 85.1 Å². The molecule has 0 spiro atoms. The Kier molecular flexibility index (Phi) is 45.5. The minimum absolute atomic E-state index is 0.104. The molecule has 0 amide bonds. The quantitative estimate of drug-likeness (QED) is 0.0200. The van der Waals surface area contributed by atoms with Gasteiger partial charge in [0.1, 0.15) is 13.2 Å². The maximum absolute atomic E-state index is 12.7. The number of esters is 3. The number of allylic oxidation sites excluding steroid dienone is 14. The van der Waals surface area contributed by atoms with Gasteiger partial charge in [0.05, 0.1) is 0 Å². The Hall–Kier alpha value is -3.41. The van der Waals surface area contributed by atoms with Crippen molar-refractivity contribution in [3.63, 3.8) is 0 Å². The molecule has 0 aliphatic rings. The van der Waals surface area contributed by atoms with Crippen molar-refractivity contribution in [2.45, 2.75) is 226 Å². The van der Waals surface area contributed by atoms with Crippen LogP contribution in [-0.2, 0) is 28.6 Å². The molecule has 6 heteroatoms. The standard InChI is InChI=1S/C54H90O6/c1-4-7-10-13-16-19-21-23-25-26-27-29-30-32-35-38-41-44-47-53(56)59-50-51(49-58-52(55)46-43-40-37-34-18-15-12-9-6-3)60-54(57)48-45-42-39-36-33-31-28-24-22-20-17-14-11-8-5-2/h8,11,14,17,20,22,24-29,34,37,51H,4-7,9-10,12-13,15-16,18-19,21,23,30-33,35-36,38-50H2,1-3H3/b11-8-,17-14-,22-20-,26-25-,28-24-,29-27-,37-34-. The fraction of sp³-hybridized carbons (Fsp3) is 0.685. The Bertz CT molecular complexity index is 1190. The largest absolute Gasteiger partial charge is 0.462 e. The third-order valence-electron chi connectivity index (χ3n) is 10.2. The number of unbranched alkanes of at least 4 members (excludes halogenated alkanes) is 22. The first kappa shape index (κ1) is 56.6. The molecule has 0 rings (SSSR count). The Balaban J connectivity index is 4.43. The van der Waals surface area contributed by atoms with Gasteiger partial charge < -0.3 is 14.2 Å². The third-order valence-corrected chi connectivity index (χ3v) is 10.2. The lowest BCUT2D eigenvalue weighted by Gasteiger charge is -2.18. The fourth-order valence-electron chi connectivity index (χ4n) is 6.50. The first-order chi connectivity index (χ1) is 29.5. The summed E-state index contributed by atoms with van der Waals surface area (Å²) >= 11 is 0. The second-order valence-corrected chi connectivity index (χ2v) is 16.1. The average Bonchev–Trinajstić information content (AvgIpc) is 3.24. The summed E-state index contributed by atoms with van der Waals surface area (Å²) in [6, 6.07) is 0. The molecule has 0 aromatic heterocycles. The molecule has 0 fully saturated rings. The van der Waals surface area contributed by atoms with Crippen LogP contribution in [0.5, 0.6) is 0 Å². The molecule has 1 atom stereocenters. The van der Waals surface area contributed by atoms with Crippen molar-refractivity contribution < 1.29 is 28.6 Å². The predicted octanol–water partition coefficient (Wildman–Crippen LogP) is 16.0. The monoisotopic (exact) mass is 835 g/mol. The Labute approximate surface area is 369 Å². The highest BCUT2D eigenvalue weighted by atomic mass is 16.6. The second kappa shape index (κ2) is 48.3. The molecule has 0 aromatic carbocycles. The van der Waals surface area contributed by atoms with E-state index in [1.165, 1.54) is 77.0 Å². The van der Waals surface area contributed by atoms with Crippen LogP contribution in [-0.4, -0.2) is 37.2 Å². The van der Waals surface area contributed by atoms with Gasteiger partial charge in [-0.3, -0.25) is 14.4 Å². The lowest BCUT2D eigenvalue weighted by molar-refractivity contribution is -0.167. The molecule has 0 saturated carbocycles. The number of carbonyl (C=O) groups is 3. The molecular formula is C54H90O6. The average molecular weight is 835 g/mol. The van der Waals surface area contributed by atoms with Crippen molar-refractivity contribution in [2.24, 2.45) is 0 Å². The maximum Gasteiger partial charge on any atom is 0.306 e. The zero-order valence-electron chi connectivity index (χ0n) is 38.9. The summed E-state index contributed by atoms with van der Waals surface area (Å²) in [6.07, 6.45) is 61.5. The van der Waals surface area contributed by atoms with Gasteiger partial charge in [-0.25, -0.2) is 0 Å². The van der Waals surface area contributed by atoms with Crippen LogP contribution >= 0.6 is 0 Å². The van der Waals surface area contributed by atoms with Gasteiger partial charge in [0.2, 0.25) is 0 Å². The lowest BCUT2D eigenvalue weighted by atomic mass is 10.1. The number of carbonyl (C=O) groups excluding carboxylic acids is 3. The van der Waals surface area contributed by atoms with Gasteiger partial charge in [0, 0.05) is 19.3 Å². The molecule has 0 aliphatic heterocycles. The summed E-state index contributed by atoms with van der Waals surface area (Å²) in [4.78, 5) is 37.8. The van der Waals surface area contributed by atoms with Crippen LogP contribution in [0, 0.1) is 0 Å². The predicted molar refractivity (Wildman–Crippen MR) is 256 cm³/mol. The number of ether oxygens (including phenoxy) is 3. The molecule has 0 aromatic rings. The summed E-state index contributed by atoms with van der Waals surface area (Å²) in [6.45, 7) is 6.39. The minimum Gasteiger partial charge on any atom is -0.462 e. The molecule has 60 heavy (non-hydrogen) atoms. The van der Waals surface area contributed by atoms with Crippen LogP contribution in [0.25, 0.3) is 0 Å². The van der Waals surface area contributed by atoms with E-state index in [-0.39, 0.29) is 31.1 Å². The van der Waals surface area contributed by atoms with E-state index in [4.69, 9.17) is 14.2 Å². The number of hydrogen-bond acceptors (Lipinski definition) is 6. The lowest BCUT2D eigenvalue weighted by Crippen LogP contribution is -2.30. The molecule has 1 unspecified atom stereocenters. The van der Waals surface area contributed by atoms with E-state index < -0.39 is 6.10 Å². The second-order valence-electron chi connectivity index (χ2n) is 16.1. The van der Waals surface area contributed by atoms with E-state index in [1.807, 2.05) is 24.3 Å². The van der Waals surface area contributed by atoms with Gasteiger partial charge in [0.25, 0.3) is 0 Å². The topological polar surface area (TPSA) is 78.9 Å². The van der Waals surface area contributed by atoms with Crippen molar-refractivity contribution in [2.75, 3.05) is 13.2 Å². The van der Waals surface area contributed by atoms with Crippen molar-refractivity contribution >= 4 is 17.9 Å². The van der Waals surface area contributed by atoms with E-state index in [9.17, 15) is 14.4 Å². The summed E-state index contributed by atoms with van der Waals surface area (Å²) in [5, 5.41) is 0. The fourth-order valence-corrected chi connectivity index (χ4v) is 6.50. The third kappa shape index (κ3) is 45.7. The molecule has 0 aliphatic carbocycles. The molecule has 0 radical (unpaired) electrons. The van der Waals surface area contributed by atoms with Gasteiger partial charge in [0.15, 0.2) is 6.10 Å². The van der Waals surface area contributed by atoms with Gasteiger partial charge in [-0.1, -0.05) is 202 Å². The van der Waals surface area contributed by atoms with Gasteiger partial charge in [-0.2, -0.15) is 0 Å². The molecular weight excluding hydrogens is 745 g/mol. The van der Waals surface area contributed by atoms with Crippen molar-refractivity contribution in [1.82, 2.24) is 0 Å². The highest BCUT2D eigenvalue weighted by Gasteiger charge is 2.19. The normalized spacial score (nSPS) is 12.8. The van der Waals surface area contributed by atoms with Gasteiger partial charge in [-0.15, -0.1) is 0 Å². The molecule has 0 heterocycles. The Morgan fingerprint density at radius 1 is 0.350 bits per heavy atom. The Morgan fingerprint density at radius 2 is 0.683 bits per heavy atom. The Morgan fingerprint density at radius 3 is 1.17 bits per heavy atom. The first-order valence-electron chi connectivity index (χ1n) is 24.7. The van der Waals surface area contributed by atoms with E-state index in [0.29, 0.717) is 25.7 Å². The zero-order valence-corrected chi connectivity index (χ0v) is 38.9. The van der Waals surface area contributed by atoms with Crippen molar-refractivity contribution in [1.29, 1.82) is 0 Å². The minimum atomic E-state index is -0.805. The van der Waals surface area contributed by atoms with Crippen LogP contribution in [0.2, 0.25) is 0 Å². The van der Waals surface area contributed by atoms with Crippen LogP contribution in [0.3, 0.4) is 0 Å². The summed E-state index contributed by atoms with van der Waals surface area (Å²) in [5.74, 6) is -0.982. The molecule has 0 N–H and O–H groups in total. The number of hydrogen-bond donors (Lipinski definition) is 0. The van der Waals surface area contributed by atoms with Crippen LogP contribution in [0.1, 0.15) is 220 Å². The van der Waals surface area contributed by atoms with Crippen LogP contribution in [0.4, 0.5) is 0 Å². The van der Waals surface area contributed by atoms with E-state index in [1.54, 1.807) is 0 Å². The molecule has 6 nitrogen and oxygen atoms in total. The zero-order chi connectivity index (χ0) is 43.7. The van der Waals surface area contributed by atoms with E-state index >= 15 is 0 Å². The van der Waals surface area contributed by atoms with Crippen LogP contribution < -0.4 is 0 Å². The van der Waals surface area contributed by atoms with E-state index in [0.717, 1.165) is 96.3 Å². The summed E-state index contributed by atoms with van der Waals surface area (Å²) in [5.41, 5.74) is 0. The van der Waals surface area contributed by atoms with Gasteiger partial charge in [-0.05, 0) is 83.5 Å². The molecule has 0 saturated heterocycles. The highest BCUT2D eigenvalue weighted by Crippen LogP contribution is 2.13. The molecule has 342 valence electrons. The number of rotatable bonds is 43. The smallest absolute Gasteiger partial charge is 0.306 e. The van der Waals surface area contributed by atoms with Gasteiger partial charge >= 0.3 is 17.9 Å². The van der Waals surface area contributed by atoms with Crippen LogP contribution in [0.15, 0.2) is 85.1 Å². The highest BCUT2D eigenvalue weighted by molar-refractivity contribution is 5.71. The summed E-state index contributed by atoms with van der Waals surface area (Å²) in [7, 11) is 0. The summed E-state index contributed by atoms with van der Waals surface area (Å²) < 4.78 is 16.7. The first-order valence-corrected chi connectivity index (χ1v) is 24.7.